The minimum atomic E-state index is 0.626. The van der Waals surface area contributed by atoms with Gasteiger partial charge in [-0.15, -0.1) is 0 Å². The topological polar surface area (TPSA) is 26.3 Å². The molecule has 0 atom stereocenters. The van der Waals surface area contributed by atoms with Crippen LogP contribution in [0.1, 0.15) is 15.9 Å². The zero-order valence-electron chi connectivity index (χ0n) is 10.9. The lowest BCUT2D eigenvalue weighted by Gasteiger charge is -2.12. The number of benzene rings is 3. The lowest BCUT2D eigenvalue weighted by atomic mass is 9.94. The molecule has 0 saturated heterocycles. The number of hydrogen-bond donors (Lipinski definition) is 0. The van der Waals surface area contributed by atoms with E-state index in [0.29, 0.717) is 11.3 Å². The lowest BCUT2D eigenvalue weighted by Crippen LogP contribution is -1.94. The fourth-order valence-electron chi connectivity index (χ4n) is 2.72. The van der Waals surface area contributed by atoms with Gasteiger partial charge in [0.2, 0.25) is 0 Å². The molecule has 0 aliphatic rings. The van der Waals surface area contributed by atoms with E-state index in [1.54, 1.807) is 7.11 Å². The smallest absolute Gasteiger partial charge is 0.154 e. The first-order chi connectivity index (χ1) is 9.26. The van der Waals surface area contributed by atoms with Gasteiger partial charge in [-0.1, -0.05) is 30.3 Å². The Balaban J connectivity index is 2.55. The van der Waals surface area contributed by atoms with Crippen molar-refractivity contribution in [2.24, 2.45) is 0 Å². The van der Waals surface area contributed by atoms with Gasteiger partial charge in [0, 0.05) is 0 Å². The van der Waals surface area contributed by atoms with Crippen molar-refractivity contribution in [1.82, 2.24) is 0 Å². The predicted molar refractivity (Wildman–Crippen MR) is 78.1 cm³/mol. The second-order valence-corrected chi connectivity index (χ2v) is 4.62. The van der Waals surface area contributed by atoms with Gasteiger partial charge in [-0.05, 0) is 46.2 Å². The van der Waals surface area contributed by atoms with Crippen LogP contribution in [-0.4, -0.2) is 13.4 Å². The Labute approximate surface area is 111 Å². The monoisotopic (exact) mass is 250 g/mol. The van der Waals surface area contributed by atoms with Crippen molar-refractivity contribution >= 4 is 27.8 Å². The highest BCUT2D eigenvalue weighted by molar-refractivity contribution is 6.09. The van der Waals surface area contributed by atoms with E-state index >= 15 is 0 Å². The molecule has 0 aromatic heterocycles. The number of ether oxygens (including phenoxy) is 1. The molecule has 2 nitrogen and oxygen atoms in total. The molecule has 0 heterocycles. The first kappa shape index (κ1) is 11.7. The average Bonchev–Trinajstić information content (AvgIpc) is 2.46. The predicted octanol–water partition coefficient (Wildman–Crippen LogP) is 4.12. The summed E-state index contributed by atoms with van der Waals surface area (Å²) in [5.74, 6) is 0.626. The van der Waals surface area contributed by atoms with Gasteiger partial charge in [-0.25, -0.2) is 0 Å². The van der Waals surface area contributed by atoms with Crippen molar-refractivity contribution in [2.45, 2.75) is 6.92 Å². The highest BCUT2D eigenvalue weighted by atomic mass is 16.5. The zero-order chi connectivity index (χ0) is 13.4. The molecular formula is C17H14O2. The van der Waals surface area contributed by atoms with Crippen LogP contribution in [0.5, 0.6) is 5.75 Å². The van der Waals surface area contributed by atoms with E-state index in [0.717, 1.165) is 22.6 Å². The van der Waals surface area contributed by atoms with Gasteiger partial charge in [0.1, 0.15) is 5.75 Å². The van der Waals surface area contributed by atoms with Crippen molar-refractivity contribution in [2.75, 3.05) is 7.11 Å². The van der Waals surface area contributed by atoms with Crippen molar-refractivity contribution in [3.05, 3.63) is 53.6 Å². The third-order valence-electron chi connectivity index (χ3n) is 3.63. The van der Waals surface area contributed by atoms with Gasteiger partial charge in [-0.3, -0.25) is 4.79 Å². The van der Waals surface area contributed by atoms with E-state index < -0.39 is 0 Å². The summed E-state index contributed by atoms with van der Waals surface area (Å²) in [6, 6.07) is 14.2. The Hall–Kier alpha value is -2.35. The molecule has 0 radical (unpaired) electrons. The second-order valence-electron chi connectivity index (χ2n) is 4.62. The molecule has 2 heteroatoms. The molecule has 3 rings (SSSR count). The summed E-state index contributed by atoms with van der Waals surface area (Å²) >= 11 is 0. The molecular weight excluding hydrogens is 236 g/mol. The summed E-state index contributed by atoms with van der Waals surface area (Å²) in [4.78, 5) is 11.4. The van der Waals surface area contributed by atoms with Crippen LogP contribution in [-0.2, 0) is 0 Å². The molecule has 19 heavy (non-hydrogen) atoms. The van der Waals surface area contributed by atoms with Crippen molar-refractivity contribution in [1.29, 1.82) is 0 Å². The summed E-state index contributed by atoms with van der Waals surface area (Å²) in [6.45, 7) is 2.05. The van der Waals surface area contributed by atoms with E-state index in [1.807, 2.05) is 24.3 Å². The fourth-order valence-corrected chi connectivity index (χ4v) is 2.72. The second kappa shape index (κ2) is 4.39. The third-order valence-corrected chi connectivity index (χ3v) is 3.63. The van der Waals surface area contributed by atoms with Crippen LogP contribution < -0.4 is 4.74 Å². The number of methoxy groups -OCH3 is 1. The molecule has 0 fully saturated rings. The molecule has 0 N–H and O–H groups in total. The van der Waals surface area contributed by atoms with Gasteiger partial charge in [0.25, 0.3) is 0 Å². The molecule has 0 amide bonds. The van der Waals surface area contributed by atoms with Gasteiger partial charge in [0.15, 0.2) is 6.29 Å². The average molecular weight is 250 g/mol. The molecule has 3 aromatic rings. The highest BCUT2D eigenvalue weighted by Gasteiger charge is 2.11. The van der Waals surface area contributed by atoms with Crippen LogP contribution in [0.2, 0.25) is 0 Å². The van der Waals surface area contributed by atoms with Crippen molar-refractivity contribution in [3.8, 4) is 5.75 Å². The first-order valence-corrected chi connectivity index (χ1v) is 6.20. The Morgan fingerprint density at radius 2 is 1.84 bits per heavy atom. The number of rotatable bonds is 2. The molecule has 0 spiro atoms. The Bertz CT molecular complexity index is 788. The zero-order valence-corrected chi connectivity index (χ0v) is 10.9. The van der Waals surface area contributed by atoms with Crippen LogP contribution in [0.15, 0.2) is 42.5 Å². The maximum atomic E-state index is 11.4. The lowest BCUT2D eigenvalue weighted by molar-refractivity contribution is 0.112. The van der Waals surface area contributed by atoms with Gasteiger partial charge < -0.3 is 4.74 Å². The number of hydrogen-bond acceptors (Lipinski definition) is 2. The number of carbonyl (C=O) groups is 1. The molecule has 0 bridgehead atoms. The number of fused-ring (bicyclic) bond motifs is 2. The summed E-state index contributed by atoms with van der Waals surface area (Å²) in [6.07, 6.45) is 0.878. The van der Waals surface area contributed by atoms with Gasteiger partial charge >= 0.3 is 0 Å². The van der Waals surface area contributed by atoms with Crippen LogP contribution >= 0.6 is 0 Å². The van der Waals surface area contributed by atoms with E-state index in [1.165, 1.54) is 10.8 Å². The summed E-state index contributed by atoms with van der Waals surface area (Å²) in [5, 5.41) is 4.41. The van der Waals surface area contributed by atoms with Crippen LogP contribution in [0.3, 0.4) is 0 Å². The SMILES string of the molecule is COc1ccc2cc3ccccc3c(C)c2c1C=O. The summed E-state index contributed by atoms with van der Waals surface area (Å²) < 4.78 is 5.28. The summed E-state index contributed by atoms with van der Waals surface area (Å²) in [7, 11) is 1.59. The minimum absolute atomic E-state index is 0.626. The largest absolute Gasteiger partial charge is 0.496 e. The third kappa shape index (κ3) is 1.68. The molecule has 3 aromatic carbocycles. The van der Waals surface area contributed by atoms with Gasteiger partial charge in [0.05, 0.1) is 12.7 Å². The van der Waals surface area contributed by atoms with Crippen molar-refractivity contribution in [3.63, 3.8) is 0 Å². The quantitative estimate of drug-likeness (QED) is 0.505. The normalized spacial score (nSPS) is 10.8. The van der Waals surface area contributed by atoms with Gasteiger partial charge in [-0.2, -0.15) is 0 Å². The van der Waals surface area contributed by atoms with E-state index in [2.05, 4.69) is 25.1 Å². The Kier molecular flexibility index (Phi) is 2.71. The highest BCUT2D eigenvalue weighted by Crippen LogP contribution is 2.33. The fraction of sp³-hybridized carbons (Fsp3) is 0.118. The van der Waals surface area contributed by atoms with Crippen LogP contribution in [0.25, 0.3) is 21.5 Å². The van der Waals surface area contributed by atoms with E-state index in [-0.39, 0.29) is 0 Å². The molecule has 0 saturated carbocycles. The van der Waals surface area contributed by atoms with Crippen molar-refractivity contribution < 1.29 is 9.53 Å². The number of aldehydes is 1. The molecule has 0 aliphatic carbocycles. The molecule has 0 aliphatic heterocycles. The molecule has 0 unspecified atom stereocenters. The van der Waals surface area contributed by atoms with Crippen LogP contribution in [0, 0.1) is 6.92 Å². The maximum absolute atomic E-state index is 11.4. The maximum Gasteiger partial charge on any atom is 0.154 e. The Morgan fingerprint density at radius 1 is 1.05 bits per heavy atom. The number of carbonyl (C=O) groups excluding carboxylic acids is 1. The Morgan fingerprint density at radius 3 is 2.58 bits per heavy atom. The standard InChI is InChI=1S/C17H14O2/c1-11-14-6-4-3-5-12(14)9-13-7-8-16(19-2)15(10-18)17(11)13/h3-10H,1-2H3. The number of aryl methyl sites for hydroxylation is 1. The minimum Gasteiger partial charge on any atom is -0.496 e. The van der Waals surface area contributed by atoms with E-state index in [4.69, 9.17) is 4.74 Å². The van der Waals surface area contributed by atoms with E-state index in [9.17, 15) is 4.79 Å². The summed E-state index contributed by atoms with van der Waals surface area (Å²) in [5.41, 5.74) is 1.75. The first-order valence-electron chi connectivity index (χ1n) is 6.20. The molecule has 94 valence electrons. The van der Waals surface area contributed by atoms with Crippen LogP contribution in [0.4, 0.5) is 0 Å².